The number of carbonyl (C=O) groups excluding carboxylic acids is 2. The van der Waals surface area contributed by atoms with Crippen LogP contribution in [0.1, 0.15) is 13.8 Å². The fraction of sp³-hybridized carbons (Fsp3) is 0.375. The number of nitrogens with one attached hydrogen (secondary N) is 2. The minimum absolute atomic E-state index is 0.275. The molecule has 0 saturated carbocycles. The van der Waals surface area contributed by atoms with Gasteiger partial charge in [0.15, 0.2) is 11.0 Å². The number of hydrogen-bond donors (Lipinski definition) is 2. The van der Waals surface area contributed by atoms with Crippen molar-refractivity contribution < 1.29 is 14.3 Å². The molecule has 0 spiro atoms. The number of thioether (sulfide) groups is 1. The molecule has 0 aromatic carbocycles. The molecule has 2 aromatic heterocycles. The van der Waals surface area contributed by atoms with E-state index in [2.05, 4.69) is 20.8 Å². The lowest BCUT2D eigenvalue weighted by Gasteiger charge is -2.26. The molecule has 2 aromatic rings. The van der Waals surface area contributed by atoms with E-state index in [9.17, 15) is 9.59 Å². The van der Waals surface area contributed by atoms with Crippen LogP contribution in [-0.4, -0.2) is 45.2 Å². The quantitative estimate of drug-likeness (QED) is 0.576. The number of carbonyl (C=O) groups is 2. The smallest absolute Gasteiger partial charge is 0.337 e. The molecule has 3 heterocycles. The normalized spacial score (nSPS) is 17.0. The van der Waals surface area contributed by atoms with Gasteiger partial charge in [-0.2, -0.15) is 0 Å². The summed E-state index contributed by atoms with van der Waals surface area (Å²) in [5.41, 5.74) is 0.963. The Bertz CT molecular complexity index is 844. The van der Waals surface area contributed by atoms with Gasteiger partial charge in [0.1, 0.15) is 0 Å². The zero-order valence-corrected chi connectivity index (χ0v) is 16.2. The molecule has 1 aliphatic rings. The number of hydrogen-bond acceptors (Lipinski definition) is 7. The summed E-state index contributed by atoms with van der Waals surface area (Å²) in [5, 5.41) is 16.5. The number of ether oxygens (including phenoxy) is 1. The van der Waals surface area contributed by atoms with Gasteiger partial charge in [-0.05, 0) is 25.3 Å². The van der Waals surface area contributed by atoms with Gasteiger partial charge in [0.05, 0.1) is 23.1 Å². The minimum atomic E-state index is -0.430. The molecule has 10 heteroatoms. The van der Waals surface area contributed by atoms with E-state index in [0.717, 1.165) is 10.7 Å². The maximum atomic E-state index is 12.3. The molecule has 0 radical (unpaired) electrons. The van der Waals surface area contributed by atoms with Crippen LogP contribution in [-0.2, 0) is 16.6 Å². The first-order chi connectivity index (χ1) is 12.5. The van der Waals surface area contributed by atoms with Crippen molar-refractivity contribution in [2.24, 2.45) is 7.05 Å². The van der Waals surface area contributed by atoms with Crippen molar-refractivity contribution in [3.8, 4) is 10.7 Å². The first-order valence-corrected chi connectivity index (χ1v) is 9.91. The van der Waals surface area contributed by atoms with Crippen LogP contribution in [0.25, 0.3) is 10.7 Å². The fourth-order valence-electron chi connectivity index (χ4n) is 2.59. The predicted molar refractivity (Wildman–Crippen MR) is 99.8 cm³/mol. The van der Waals surface area contributed by atoms with Gasteiger partial charge < -0.3 is 19.9 Å². The molecule has 0 fully saturated rings. The van der Waals surface area contributed by atoms with Crippen molar-refractivity contribution in [3.63, 3.8) is 0 Å². The monoisotopic (exact) mass is 393 g/mol. The second kappa shape index (κ2) is 7.92. The SMILES string of the molecule is CCOC(=O)C1=C(CSc2nnc(-c3cccs3)n2C)NC(=O)NC1C. The van der Waals surface area contributed by atoms with Crippen LogP contribution in [0, 0.1) is 0 Å². The summed E-state index contributed by atoms with van der Waals surface area (Å²) in [6.45, 7) is 3.78. The highest BCUT2D eigenvalue weighted by molar-refractivity contribution is 7.99. The summed E-state index contributed by atoms with van der Waals surface area (Å²) in [4.78, 5) is 25.1. The van der Waals surface area contributed by atoms with Crippen molar-refractivity contribution >= 4 is 35.1 Å². The molecule has 0 aliphatic carbocycles. The second-order valence-corrected chi connectivity index (χ2v) is 7.45. The Balaban J connectivity index is 1.81. The van der Waals surface area contributed by atoms with Crippen molar-refractivity contribution in [1.29, 1.82) is 0 Å². The van der Waals surface area contributed by atoms with E-state index in [1.165, 1.54) is 11.8 Å². The van der Waals surface area contributed by atoms with E-state index in [1.54, 1.807) is 25.2 Å². The average molecular weight is 393 g/mol. The lowest BCUT2D eigenvalue weighted by atomic mass is 10.1. The molecule has 1 aliphatic heterocycles. The summed E-state index contributed by atoms with van der Waals surface area (Å²) < 4.78 is 7.01. The van der Waals surface area contributed by atoms with Crippen LogP contribution in [0.5, 0.6) is 0 Å². The number of aromatic nitrogens is 3. The molecular weight excluding hydrogens is 374 g/mol. The van der Waals surface area contributed by atoms with E-state index >= 15 is 0 Å². The standard InChI is InChI=1S/C16H19N5O3S2/c1-4-24-14(22)12-9(2)17-15(23)18-10(12)8-26-16-20-19-13(21(16)3)11-6-5-7-25-11/h5-7,9H,4,8H2,1-3H3,(H2,17,18,23). The molecular formula is C16H19N5O3S2. The summed E-state index contributed by atoms with van der Waals surface area (Å²) in [7, 11) is 1.89. The zero-order chi connectivity index (χ0) is 18.7. The van der Waals surface area contributed by atoms with Crippen molar-refractivity contribution in [2.75, 3.05) is 12.4 Å². The van der Waals surface area contributed by atoms with Crippen molar-refractivity contribution in [2.45, 2.75) is 25.0 Å². The van der Waals surface area contributed by atoms with Crippen molar-refractivity contribution in [3.05, 3.63) is 28.8 Å². The van der Waals surface area contributed by atoms with E-state index in [-0.39, 0.29) is 12.6 Å². The molecule has 26 heavy (non-hydrogen) atoms. The maximum Gasteiger partial charge on any atom is 0.337 e. The Hall–Kier alpha value is -2.33. The molecule has 1 unspecified atom stereocenters. The van der Waals surface area contributed by atoms with Gasteiger partial charge in [-0.3, -0.25) is 0 Å². The van der Waals surface area contributed by atoms with Crippen LogP contribution >= 0.6 is 23.1 Å². The second-order valence-electron chi connectivity index (χ2n) is 5.56. The first-order valence-electron chi connectivity index (χ1n) is 8.05. The van der Waals surface area contributed by atoms with Crippen LogP contribution in [0.3, 0.4) is 0 Å². The highest BCUT2D eigenvalue weighted by Crippen LogP contribution is 2.27. The highest BCUT2D eigenvalue weighted by atomic mass is 32.2. The molecule has 0 bridgehead atoms. The van der Waals surface area contributed by atoms with E-state index < -0.39 is 12.0 Å². The van der Waals surface area contributed by atoms with Gasteiger partial charge in [0.25, 0.3) is 0 Å². The third kappa shape index (κ3) is 3.75. The third-order valence-electron chi connectivity index (χ3n) is 3.79. The van der Waals surface area contributed by atoms with Crippen LogP contribution < -0.4 is 10.6 Å². The Morgan fingerprint density at radius 1 is 1.46 bits per heavy atom. The Morgan fingerprint density at radius 2 is 2.27 bits per heavy atom. The number of nitrogens with zero attached hydrogens (tertiary/aromatic N) is 3. The molecule has 0 saturated heterocycles. The lowest BCUT2D eigenvalue weighted by Crippen LogP contribution is -2.49. The Labute approximate surface area is 159 Å². The molecule has 3 rings (SSSR count). The number of esters is 1. The highest BCUT2D eigenvalue weighted by Gasteiger charge is 2.30. The summed E-state index contributed by atoms with van der Waals surface area (Å²) >= 11 is 2.99. The third-order valence-corrected chi connectivity index (χ3v) is 5.70. The zero-order valence-electron chi connectivity index (χ0n) is 14.6. The Kier molecular flexibility index (Phi) is 5.62. The number of urea groups is 1. The van der Waals surface area contributed by atoms with Crippen molar-refractivity contribution in [1.82, 2.24) is 25.4 Å². The van der Waals surface area contributed by atoms with E-state index in [0.29, 0.717) is 22.2 Å². The minimum Gasteiger partial charge on any atom is -0.463 e. The van der Waals surface area contributed by atoms with Gasteiger partial charge in [-0.1, -0.05) is 17.8 Å². The number of amides is 2. The summed E-state index contributed by atoms with van der Waals surface area (Å²) in [5.74, 6) is 0.729. The summed E-state index contributed by atoms with van der Waals surface area (Å²) in [6, 6.07) is 3.20. The van der Waals surface area contributed by atoms with E-state index in [1.807, 2.05) is 29.1 Å². The average Bonchev–Trinajstić information content (AvgIpc) is 3.22. The predicted octanol–water partition coefficient (Wildman–Crippen LogP) is 2.15. The first kappa shape index (κ1) is 18.5. The molecule has 1 atom stereocenters. The molecule has 2 N–H and O–H groups in total. The molecule has 8 nitrogen and oxygen atoms in total. The number of thiophene rings is 1. The Morgan fingerprint density at radius 3 is 2.96 bits per heavy atom. The van der Waals surface area contributed by atoms with Gasteiger partial charge in [0, 0.05) is 18.5 Å². The topological polar surface area (TPSA) is 98.1 Å². The van der Waals surface area contributed by atoms with Gasteiger partial charge in [-0.25, -0.2) is 9.59 Å². The van der Waals surface area contributed by atoms with Gasteiger partial charge in [-0.15, -0.1) is 21.5 Å². The van der Waals surface area contributed by atoms with Crippen LogP contribution in [0.15, 0.2) is 33.9 Å². The molecule has 138 valence electrons. The van der Waals surface area contributed by atoms with Crippen LogP contribution in [0.4, 0.5) is 4.79 Å². The lowest BCUT2D eigenvalue weighted by molar-refractivity contribution is -0.138. The number of rotatable bonds is 6. The van der Waals surface area contributed by atoms with E-state index in [4.69, 9.17) is 4.74 Å². The molecule has 2 amide bonds. The van der Waals surface area contributed by atoms with Gasteiger partial charge >= 0.3 is 12.0 Å². The fourth-order valence-corrected chi connectivity index (χ4v) is 4.21. The maximum absolute atomic E-state index is 12.3. The largest absolute Gasteiger partial charge is 0.463 e. The summed E-state index contributed by atoms with van der Waals surface area (Å²) in [6.07, 6.45) is 0. The van der Waals surface area contributed by atoms with Crippen LogP contribution in [0.2, 0.25) is 0 Å². The van der Waals surface area contributed by atoms with Gasteiger partial charge in [0.2, 0.25) is 0 Å².